The van der Waals surface area contributed by atoms with Gasteiger partial charge in [0.25, 0.3) is 0 Å². The standard InChI is InChI=1S/C22H34N6O2/c1-4-23-22(24-15-20-26-21(27-30-20)17(3)29-5-2)25-19-11-13-28(14-12-19)16-18-9-7-6-8-10-18/h6-10,17,19H,4-5,11-16H2,1-3H3,(H2,23,24,25). The van der Waals surface area contributed by atoms with Gasteiger partial charge in [0.15, 0.2) is 11.8 Å². The lowest BCUT2D eigenvalue weighted by Crippen LogP contribution is -2.48. The molecule has 1 aliphatic heterocycles. The molecule has 164 valence electrons. The third-order valence-electron chi connectivity index (χ3n) is 5.16. The number of benzene rings is 1. The molecular formula is C22H34N6O2. The summed E-state index contributed by atoms with van der Waals surface area (Å²) in [4.78, 5) is 11.5. The maximum Gasteiger partial charge on any atom is 0.248 e. The summed E-state index contributed by atoms with van der Waals surface area (Å²) >= 11 is 0. The molecule has 0 amide bonds. The molecule has 1 aromatic heterocycles. The number of rotatable bonds is 9. The third-order valence-corrected chi connectivity index (χ3v) is 5.16. The summed E-state index contributed by atoms with van der Waals surface area (Å²) in [5.74, 6) is 1.84. The van der Waals surface area contributed by atoms with Gasteiger partial charge in [0.2, 0.25) is 5.89 Å². The van der Waals surface area contributed by atoms with Crippen molar-refractivity contribution in [2.45, 2.75) is 58.8 Å². The molecule has 1 aliphatic rings. The summed E-state index contributed by atoms with van der Waals surface area (Å²) in [7, 11) is 0. The quantitative estimate of drug-likeness (QED) is 0.482. The van der Waals surface area contributed by atoms with E-state index in [1.807, 2.05) is 13.8 Å². The number of hydrogen-bond acceptors (Lipinski definition) is 6. The number of hydrogen-bond donors (Lipinski definition) is 2. The Morgan fingerprint density at radius 1 is 1.27 bits per heavy atom. The van der Waals surface area contributed by atoms with E-state index in [1.54, 1.807) is 0 Å². The van der Waals surface area contributed by atoms with E-state index in [1.165, 1.54) is 5.56 Å². The van der Waals surface area contributed by atoms with Crippen LogP contribution in [0.15, 0.2) is 39.8 Å². The van der Waals surface area contributed by atoms with Crippen molar-refractivity contribution in [2.24, 2.45) is 4.99 Å². The monoisotopic (exact) mass is 414 g/mol. The van der Waals surface area contributed by atoms with Crippen LogP contribution in [0.1, 0.15) is 57.0 Å². The first-order chi connectivity index (χ1) is 14.7. The molecule has 0 aliphatic carbocycles. The minimum absolute atomic E-state index is 0.177. The highest BCUT2D eigenvalue weighted by Gasteiger charge is 2.20. The van der Waals surface area contributed by atoms with E-state index in [9.17, 15) is 0 Å². The molecule has 1 saturated heterocycles. The van der Waals surface area contributed by atoms with Crippen LogP contribution >= 0.6 is 0 Å². The van der Waals surface area contributed by atoms with E-state index in [0.717, 1.165) is 45.0 Å². The van der Waals surface area contributed by atoms with Gasteiger partial charge in [-0.15, -0.1) is 0 Å². The minimum Gasteiger partial charge on any atom is -0.371 e. The molecule has 0 saturated carbocycles. The molecule has 2 heterocycles. The van der Waals surface area contributed by atoms with Crippen LogP contribution in [0.5, 0.6) is 0 Å². The van der Waals surface area contributed by atoms with Crippen molar-refractivity contribution in [2.75, 3.05) is 26.2 Å². The maximum absolute atomic E-state index is 5.50. The summed E-state index contributed by atoms with van der Waals surface area (Å²) in [6.07, 6.45) is 2.01. The van der Waals surface area contributed by atoms with Crippen LogP contribution < -0.4 is 10.6 Å². The van der Waals surface area contributed by atoms with Gasteiger partial charge in [-0.3, -0.25) is 4.90 Å². The fourth-order valence-electron chi connectivity index (χ4n) is 3.56. The van der Waals surface area contributed by atoms with Gasteiger partial charge in [-0.25, -0.2) is 4.99 Å². The summed E-state index contributed by atoms with van der Waals surface area (Å²) in [5.41, 5.74) is 1.37. The van der Waals surface area contributed by atoms with Crippen molar-refractivity contribution in [1.82, 2.24) is 25.7 Å². The average Bonchev–Trinajstić information content (AvgIpc) is 3.24. The highest BCUT2D eigenvalue weighted by atomic mass is 16.5. The topological polar surface area (TPSA) is 87.8 Å². The molecule has 1 aromatic carbocycles. The number of piperidine rings is 1. The molecule has 1 atom stereocenters. The Hall–Kier alpha value is -2.45. The van der Waals surface area contributed by atoms with Crippen molar-refractivity contribution in [3.05, 3.63) is 47.6 Å². The maximum atomic E-state index is 5.50. The van der Waals surface area contributed by atoms with Crippen molar-refractivity contribution in [3.63, 3.8) is 0 Å². The molecular weight excluding hydrogens is 380 g/mol. The molecule has 8 nitrogen and oxygen atoms in total. The largest absolute Gasteiger partial charge is 0.371 e. The van der Waals surface area contributed by atoms with Crippen LogP contribution in [0.3, 0.4) is 0 Å². The zero-order valence-corrected chi connectivity index (χ0v) is 18.3. The Morgan fingerprint density at radius 2 is 2.03 bits per heavy atom. The van der Waals surface area contributed by atoms with Gasteiger partial charge < -0.3 is 19.9 Å². The Morgan fingerprint density at radius 3 is 2.73 bits per heavy atom. The number of likely N-dealkylation sites (tertiary alicyclic amines) is 1. The summed E-state index contributed by atoms with van der Waals surface area (Å²) in [6, 6.07) is 11.1. The van der Waals surface area contributed by atoms with E-state index in [2.05, 4.69) is 67.9 Å². The normalized spacial score (nSPS) is 17.1. The van der Waals surface area contributed by atoms with Gasteiger partial charge in [-0.1, -0.05) is 35.5 Å². The second-order valence-corrected chi connectivity index (χ2v) is 7.52. The van der Waals surface area contributed by atoms with Crippen LogP contribution in [0, 0.1) is 0 Å². The lowest BCUT2D eigenvalue weighted by atomic mass is 10.0. The van der Waals surface area contributed by atoms with Crippen LogP contribution in [-0.2, 0) is 17.8 Å². The highest BCUT2D eigenvalue weighted by Crippen LogP contribution is 2.15. The Balaban J connectivity index is 1.48. The number of nitrogens with zero attached hydrogens (tertiary/aromatic N) is 4. The van der Waals surface area contributed by atoms with Crippen LogP contribution in [-0.4, -0.2) is 53.3 Å². The average molecular weight is 415 g/mol. The molecule has 2 aromatic rings. The fraction of sp³-hybridized carbons (Fsp3) is 0.591. The minimum atomic E-state index is -0.177. The van der Waals surface area contributed by atoms with E-state index < -0.39 is 0 Å². The first-order valence-electron chi connectivity index (χ1n) is 10.9. The molecule has 2 N–H and O–H groups in total. The second-order valence-electron chi connectivity index (χ2n) is 7.52. The van der Waals surface area contributed by atoms with Crippen molar-refractivity contribution in [3.8, 4) is 0 Å². The predicted molar refractivity (Wildman–Crippen MR) is 117 cm³/mol. The third kappa shape index (κ3) is 6.81. The summed E-state index contributed by atoms with van der Waals surface area (Å²) < 4.78 is 10.8. The van der Waals surface area contributed by atoms with Crippen LogP contribution in [0.4, 0.5) is 0 Å². The van der Waals surface area contributed by atoms with Gasteiger partial charge in [0.05, 0.1) is 0 Å². The summed E-state index contributed by atoms with van der Waals surface area (Å²) in [6.45, 7) is 10.8. The molecule has 0 bridgehead atoms. The second kappa shape index (κ2) is 11.7. The highest BCUT2D eigenvalue weighted by molar-refractivity contribution is 5.80. The first kappa shape index (κ1) is 22.2. The molecule has 3 rings (SSSR count). The molecule has 0 radical (unpaired) electrons. The van der Waals surface area contributed by atoms with Gasteiger partial charge in [0.1, 0.15) is 12.6 Å². The zero-order chi connectivity index (χ0) is 21.2. The molecule has 0 spiro atoms. The summed E-state index contributed by atoms with van der Waals surface area (Å²) in [5, 5.41) is 10.9. The fourth-order valence-corrected chi connectivity index (χ4v) is 3.56. The number of aromatic nitrogens is 2. The molecule has 1 fully saturated rings. The molecule has 1 unspecified atom stereocenters. The Kier molecular flexibility index (Phi) is 8.65. The van der Waals surface area contributed by atoms with E-state index in [4.69, 9.17) is 9.26 Å². The van der Waals surface area contributed by atoms with Gasteiger partial charge in [-0.2, -0.15) is 4.98 Å². The predicted octanol–water partition coefficient (Wildman–Crippen LogP) is 2.89. The lowest BCUT2D eigenvalue weighted by molar-refractivity contribution is 0.0683. The van der Waals surface area contributed by atoms with Crippen LogP contribution in [0.25, 0.3) is 0 Å². The number of ether oxygens (including phenoxy) is 1. The van der Waals surface area contributed by atoms with Crippen LogP contribution in [0.2, 0.25) is 0 Å². The SMILES string of the molecule is CCNC(=NCc1nc(C(C)OCC)no1)NC1CCN(Cc2ccccc2)CC1. The van der Waals surface area contributed by atoms with Crippen molar-refractivity contribution >= 4 is 5.96 Å². The molecule has 30 heavy (non-hydrogen) atoms. The number of aliphatic imine (C=N–C) groups is 1. The lowest BCUT2D eigenvalue weighted by Gasteiger charge is -2.33. The number of guanidine groups is 1. The number of nitrogens with one attached hydrogen (secondary N) is 2. The van der Waals surface area contributed by atoms with E-state index in [-0.39, 0.29) is 6.10 Å². The van der Waals surface area contributed by atoms with E-state index >= 15 is 0 Å². The van der Waals surface area contributed by atoms with Crippen molar-refractivity contribution < 1.29 is 9.26 Å². The van der Waals surface area contributed by atoms with Gasteiger partial charge in [-0.05, 0) is 39.2 Å². The zero-order valence-electron chi connectivity index (χ0n) is 18.3. The molecule has 8 heteroatoms. The van der Waals surface area contributed by atoms with E-state index in [0.29, 0.717) is 30.9 Å². The Labute approximate surface area is 179 Å². The smallest absolute Gasteiger partial charge is 0.248 e. The van der Waals surface area contributed by atoms with Gasteiger partial charge in [0, 0.05) is 38.8 Å². The Bertz CT molecular complexity index is 771. The van der Waals surface area contributed by atoms with Gasteiger partial charge >= 0.3 is 0 Å². The first-order valence-corrected chi connectivity index (χ1v) is 10.9. The van der Waals surface area contributed by atoms with Crippen molar-refractivity contribution in [1.29, 1.82) is 0 Å².